The van der Waals surface area contributed by atoms with E-state index in [-0.39, 0.29) is 18.3 Å². The van der Waals surface area contributed by atoms with Gasteiger partial charge in [-0.2, -0.15) is 0 Å². The molecule has 1 amide bonds. The number of hydrogen-bond donors (Lipinski definition) is 1. The molecule has 0 spiro atoms. The smallest absolute Gasteiger partial charge is 0.246 e. The lowest BCUT2D eigenvalue weighted by Gasteiger charge is -2.23. The van der Waals surface area contributed by atoms with E-state index in [1.165, 1.54) is 0 Å². The molecule has 1 saturated heterocycles. The van der Waals surface area contributed by atoms with Crippen molar-refractivity contribution in [3.8, 4) is 0 Å². The van der Waals surface area contributed by atoms with Crippen LogP contribution in [0.1, 0.15) is 11.7 Å². The summed E-state index contributed by atoms with van der Waals surface area (Å²) in [6.45, 7) is 0.294. The molecule has 2 rings (SSSR count). The minimum Gasteiger partial charge on any atom is -0.362 e. The Kier molecular flexibility index (Phi) is 3.02. The molecule has 1 heterocycles. The van der Waals surface area contributed by atoms with Crippen molar-refractivity contribution in [1.29, 1.82) is 0 Å². The molecule has 1 aliphatic rings. The molecule has 1 unspecified atom stereocenters. The molecule has 1 atom stereocenters. The number of amides is 1. The number of hydrogen-bond acceptors (Lipinski definition) is 2. The molecule has 0 bridgehead atoms. The molecule has 5 heteroatoms. The molecule has 0 saturated carbocycles. The van der Waals surface area contributed by atoms with Gasteiger partial charge >= 0.3 is 0 Å². The maximum atomic E-state index is 13.6. The van der Waals surface area contributed by atoms with Crippen LogP contribution in [0.15, 0.2) is 22.7 Å². The standard InChI is InChI=1S/C10H9BrFNO2/c11-7-3-1-2-6(10(7)12)8-4-13-9(14)5-15-8/h1-3,8H,4-5H2,(H,13,14). The third kappa shape index (κ3) is 2.18. The van der Waals surface area contributed by atoms with Gasteiger partial charge in [0.15, 0.2) is 0 Å². The van der Waals surface area contributed by atoms with E-state index in [2.05, 4.69) is 21.2 Å². The van der Waals surface area contributed by atoms with Crippen LogP contribution in [0.3, 0.4) is 0 Å². The highest BCUT2D eigenvalue weighted by Crippen LogP contribution is 2.26. The van der Waals surface area contributed by atoms with E-state index in [1.807, 2.05) is 0 Å². The van der Waals surface area contributed by atoms with Gasteiger partial charge in [-0.15, -0.1) is 0 Å². The van der Waals surface area contributed by atoms with E-state index in [1.54, 1.807) is 18.2 Å². The second kappa shape index (κ2) is 4.28. The number of benzene rings is 1. The quantitative estimate of drug-likeness (QED) is 0.847. The van der Waals surface area contributed by atoms with Crippen LogP contribution in [-0.4, -0.2) is 19.1 Å². The number of rotatable bonds is 1. The number of halogens is 2. The predicted molar refractivity (Wildman–Crippen MR) is 55.8 cm³/mol. The second-order valence-corrected chi connectivity index (χ2v) is 4.10. The van der Waals surface area contributed by atoms with Crippen LogP contribution < -0.4 is 5.32 Å². The molecular weight excluding hydrogens is 265 g/mol. The number of morpholine rings is 1. The van der Waals surface area contributed by atoms with Gasteiger partial charge in [-0.3, -0.25) is 4.79 Å². The van der Waals surface area contributed by atoms with E-state index >= 15 is 0 Å². The van der Waals surface area contributed by atoms with Crippen LogP contribution in [-0.2, 0) is 9.53 Å². The van der Waals surface area contributed by atoms with Crippen molar-refractivity contribution in [2.45, 2.75) is 6.10 Å². The Morgan fingerprint density at radius 3 is 3.00 bits per heavy atom. The maximum Gasteiger partial charge on any atom is 0.246 e. The molecule has 1 aliphatic heterocycles. The minimum atomic E-state index is -0.403. The largest absolute Gasteiger partial charge is 0.362 e. The summed E-state index contributed by atoms with van der Waals surface area (Å²) < 4.78 is 19.3. The summed E-state index contributed by atoms with van der Waals surface area (Å²) in [6, 6.07) is 5.02. The Bertz CT molecular complexity index is 387. The van der Waals surface area contributed by atoms with Gasteiger partial charge in [0.25, 0.3) is 0 Å². The van der Waals surface area contributed by atoms with Gasteiger partial charge in [0, 0.05) is 12.1 Å². The third-order valence-electron chi connectivity index (χ3n) is 2.23. The van der Waals surface area contributed by atoms with Gasteiger partial charge in [-0.25, -0.2) is 4.39 Å². The molecule has 15 heavy (non-hydrogen) atoms. The average Bonchev–Trinajstić information content (AvgIpc) is 2.24. The summed E-state index contributed by atoms with van der Waals surface area (Å²) in [5.41, 5.74) is 0.462. The summed E-state index contributed by atoms with van der Waals surface area (Å²) in [5.74, 6) is -0.500. The molecule has 0 aliphatic carbocycles. The predicted octanol–water partition coefficient (Wildman–Crippen LogP) is 1.78. The minimum absolute atomic E-state index is 0.0172. The second-order valence-electron chi connectivity index (χ2n) is 3.25. The molecule has 1 N–H and O–H groups in total. The van der Waals surface area contributed by atoms with Crippen LogP contribution in [0.2, 0.25) is 0 Å². The van der Waals surface area contributed by atoms with Crippen LogP contribution in [0.5, 0.6) is 0 Å². The van der Waals surface area contributed by atoms with Crippen molar-refractivity contribution in [2.75, 3.05) is 13.2 Å². The SMILES string of the molecule is O=C1COC(c2cccc(Br)c2F)CN1. The summed E-state index contributed by atoms with van der Waals surface area (Å²) in [5, 5.41) is 2.63. The average molecular weight is 274 g/mol. The zero-order valence-electron chi connectivity index (χ0n) is 7.80. The molecule has 1 fully saturated rings. The fourth-order valence-electron chi connectivity index (χ4n) is 1.46. The van der Waals surface area contributed by atoms with E-state index in [9.17, 15) is 9.18 Å². The van der Waals surface area contributed by atoms with Gasteiger partial charge < -0.3 is 10.1 Å². The Hall–Kier alpha value is -0.940. The van der Waals surface area contributed by atoms with Gasteiger partial charge in [-0.1, -0.05) is 12.1 Å². The van der Waals surface area contributed by atoms with Gasteiger partial charge in [-0.05, 0) is 22.0 Å². The molecule has 0 aromatic heterocycles. The Balaban J connectivity index is 2.22. The highest BCUT2D eigenvalue weighted by atomic mass is 79.9. The molecular formula is C10H9BrFNO2. The summed E-state index contributed by atoms with van der Waals surface area (Å²) in [7, 11) is 0. The van der Waals surface area contributed by atoms with Gasteiger partial charge in [0.05, 0.1) is 4.47 Å². The first-order valence-electron chi connectivity index (χ1n) is 4.50. The highest BCUT2D eigenvalue weighted by molar-refractivity contribution is 9.10. The van der Waals surface area contributed by atoms with Crippen LogP contribution in [0.4, 0.5) is 4.39 Å². The fourth-order valence-corrected chi connectivity index (χ4v) is 1.84. The molecule has 80 valence electrons. The first kappa shape index (κ1) is 10.6. The van der Waals surface area contributed by atoms with Crippen LogP contribution >= 0.6 is 15.9 Å². The Morgan fingerprint density at radius 2 is 2.33 bits per heavy atom. The van der Waals surface area contributed by atoms with E-state index in [0.29, 0.717) is 16.6 Å². The summed E-state index contributed by atoms with van der Waals surface area (Å²) in [6.07, 6.45) is -0.403. The lowest BCUT2D eigenvalue weighted by atomic mass is 10.1. The topological polar surface area (TPSA) is 38.3 Å². The number of nitrogens with one attached hydrogen (secondary N) is 1. The zero-order chi connectivity index (χ0) is 10.8. The van der Waals surface area contributed by atoms with E-state index < -0.39 is 6.10 Å². The summed E-state index contributed by atoms with van der Waals surface area (Å²) in [4.78, 5) is 10.9. The van der Waals surface area contributed by atoms with Crippen LogP contribution in [0.25, 0.3) is 0 Å². The van der Waals surface area contributed by atoms with Gasteiger partial charge in [0.2, 0.25) is 5.91 Å². The van der Waals surface area contributed by atoms with E-state index in [0.717, 1.165) is 0 Å². The maximum absolute atomic E-state index is 13.6. The monoisotopic (exact) mass is 273 g/mol. The third-order valence-corrected chi connectivity index (χ3v) is 2.84. The molecule has 1 aromatic rings. The van der Waals surface area contributed by atoms with Crippen LogP contribution in [0, 0.1) is 5.82 Å². The lowest BCUT2D eigenvalue weighted by molar-refractivity contribution is -0.133. The molecule has 1 aromatic carbocycles. The molecule has 0 radical (unpaired) electrons. The normalized spacial score (nSPS) is 21.2. The van der Waals surface area contributed by atoms with Crippen molar-refractivity contribution in [3.05, 3.63) is 34.1 Å². The number of ether oxygens (including phenoxy) is 1. The first-order chi connectivity index (χ1) is 7.18. The number of carbonyl (C=O) groups is 1. The van der Waals surface area contributed by atoms with Crippen molar-refractivity contribution in [2.24, 2.45) is 0 Å². The Labute approximate surface area is 94.7 Å². The van der Waals surface area contributed by atoms with Crippen molar-refractivity contribution in [1.82, 2.24) is 5.32 Å². The lowest BCUT2D eigenvalue weighted by Crippen LogP contribution is -2.38. The highest BCUT2D eigenvalue weighted by Gasteiger charge is 2.23. The summed E-state index contributed by atoms with van der Waals surface area (Å²) >= 11 is 3.11. The number of carbonyl (C=O) groups excluding carboxylic acids is 1. The van der Waals surface area contributed by atoms with Crippen molar-refractivity contribution < 1.29 is 13.9 Å². The first-order valence-corrected chi connectivity index (χ1v) is 5.30. The fraction of sp³-hybridized carbons (Fsp3) is 0.300. The zero-order valence-corrected chi connectivity index (χ0v) is 9.38. The van der Waals surface area contributed by atoms with Crippen molar-refractivity contribution in [3.63, 3.8) is 0 Å². The molecule has 3 nitrogen and oxygen atoms in total. The Morgan fingerprint density at radius 1 is 1.53 bits per heavy atom. The van der Waals surface area contributed by atoms with E-state index in [4.69, 9.17) is 4.74 Å². The van der Waals surface area contributed by atoms with Gasteiger partial charge in [0.1, 0.15) is 18.5 Å². The van der Waals surface area contributed by atoms with Crippen molar-refractivity contribution >= 4 is 21.8 Å².